The molecule has 4 rings (SSSR count). The summed E-state index contributed by atoms with van der Waals surface area (Å²) < 4.78 is 0. The Morgan fingerprint density at radius 1 is 1.08 bits per heavy atom. The average molecular weight is 324 g/mol. The van der Waals surface area contributed by atoms with Gasteiger partial charge in [-0.2, -0.15) is 5.10 Å². The molecule has 0 saturated carbocycles. The molecule has 1 unspecified atom stereocenters. The number of aryl methyl sites for hydroxylation is 1. The minimum absolute atomic E-state index is 0.635. The van der Waals surface area contributed by atoms with E-state index in [1.807, 2.05) is 6.20 Å². The van der Waals surface area contributed by atoms with Crippen LogP contribution in [0, 0.1) is 0 Å². The number of H-pyrrole nitrogens is 1. The molecule has 1 aliphatic heterocycles. The number of likely N-dealkylation sites (tertiary alicyclic amines) is 1. The summed E-state index contributed by atoms with van der Waals surface area (Å²) in [4.78, 5) is 2.63. The Labute approximate surface area is 144 Å². The van der Waals surface area contributed by atoms with Crippen molar-refractivity contribution < 1.29 is 0 Å². The second-order valence-corrected chi connectivity index (χ2v) is 7.33. The Kier molecular flexibility index (Phi) is 4.95. The maximum Gasteiger partial charge on any atom is 0.0522 e. The predicted molar refractivity (Wildman–Crippen MR) is 97.1 cm³/mol. The Hall–Kier alpha value is -1.65. The fourth-order valence-electron chi connectivity index (χ4n) is 4.15. The second kappa shape index (κ2) is 7.49. The van der Waals surface area contributed by atoms with Crippen molar-refractivity contribution in [2.45, 2.75) is 50.6 Å². The van der Waals surface area contributed by atoms with Crippen molar-refractivity contribution in [1.82, 2.24) is 20.4 Å². The van der Waals surface area contributed by atoms with Gasteiger partial charge in [-0.05, 0) is 62.7 Å². The lowest BCUT2D eigenvalue weighted by Crippen LogP contribution is -2.48. The number of hydrogen-bond acceptors (Lipinski definition) is 3. The summed E-state index contributed by atoms with van der Waals surface area (Å²) in [6, 6.07) is 12.2. The highest BCUT2D eigenvalue weighted by molar-refractivity contribution is 5.21. The Bertz CT molecular complexity index is 628. The summed E-state index contributed by atoms with van der Waals surface area (Å²) in [5, 5.41) is 11.2. The first-order valence-electron chi connectivity index (χ1n) is 9.40. The number of rotatable bonds is 5. The second-order valence-electron chi connectivity index (χ2n) is 7.33. The van der Waals surface area contributed by atoms with Crippen LogP contribution in [0.15, 0.2) is 36.5 Å². The van der Waals surface area contributed by atoms with E-state index in [0.717, 1.165) is 12.8 Å². The fraction of sp³-hybridized carbons (Fsp3) is 0.550. The molecule has 2 aromatic rings. The van der Waals surface area contributed by atoms with Crippen LogP contribution in [0.4, 0.5) is 0 Å². The fourth-order valence-corrected chi connectivity index (χ4v) is 4.15. The van der Waals surface area contributed by atoms with Crippen molar-refractivity contribution in [2.75, 3.05) is 19.6 Å². The molecule has 1 aromatic carbocycles. The first-order valence-corrected chi connectivity index (χ1v) is 9.40. The maximum atomic E-state index is 4.18. The Balaban J connectivity index is 1.19. The van der Waals surface area contributed by atoms with Gasteiger partial charge in [0.15, 0.2) is 0 Å². The van der Waals surface area contributed by atoms with Crippen molar-refractivity contribution in [1.29, 1.82) is 0 Å². The van der Waals surface area contributed by atoms with Gasteiger partial charge in [0.2, 0.25) is 0 Å². The molecule has 2 heterocycles. The summed E-state index contributed by atoms with van der Waals surface area (Å²) >= 11 is 0. The molecule has 0 bridgehead atoms. The molecule has 2 N–H and O–H groups in total. The number of aromatic nitrogens is 2. The summed E-state index contributed by atoms with van der Waals surface area (Å²) in [6.07, 6.45) is 9.26. The standard InChI is InChI=1S/C20H28N4/c1-2-4-16(5-3-1)8-11-24-12-9-18(10-13-24)22-19-6-7-20-17(14-19)15-21-23-20/h1-5,15,18-19,22H,6-14H2,(H,21,23). The van der Waals surface area contributed by atoms with Crippen LogP contribution < -0.4 is 5.32 Å². The molecule has 0 amide bonds. The van der Waals surface area contributed by atoms with Gasteiger partial charge in [0.25, 0.3) is 0 Å². The summed E-state index contributed by atoms with van der Waals surface area (Å²) in [7, 11) is 0. The molecule has 0 radical (unpaired) electrons. The minimum Gasteiger partial charge on any atom is -0.311 e. The third-order valence-electron chi connectivity index (χ3n) is 5.64. The number of aromatic amines is 1. The molecule has 1 fully saturated rings. The minimum atomic E-state index is 0.635. The van der Waals surface area contributed by atoms with Gasteiger partial charge in [0.05, 0.1) is 6.20 Å². The molecule has 4 nitrogen and oxygen atoms in total. The largest absolute Gasteiger partial charge is 0.311 e. The van der Waals surface area contributed by atoms with Gasteiger partial charge in [-0.25, -0.2) is 0 Å². The molecule has 128 valence electrons. The number of hydrogen-bond donors (Lipinski definition) is 2. The van der Waals surface area contributed by atoms with Crippen LogP contribution in [0.2, 0.25) is 0 Å². The van der Waals surface area contributed by atoms with E-state index < -0.39 is 0 Å². The van der Waals surface area contributed by atoms with Crippen LogP contribution >= 0.6 is 0 Å². The van der Waals surface area contributed by atoms with Crippen molar-refractivity contribution in [3.63, 3.8) is 0 Å². The van der Waals surface area contributed by atoms with Gasteiger partial charge < -0.3 is 10.2 Å². The Morgan fingerprint density at radius 3 is 2.75 bits per heavy atom. The molecule has 1 atom stereocenters. The summed E-state index contributed by atoms with van der Waals surface area (Å²) in [5.41, 5.74) is 4.22. The van der Waals surface area contributed by atoms with Crippen LogP contribution in [0.5, 0.6) is 0 Å². The van der Waals surface area contributed by atoms with Crippen molar-refractivity contribution in [3.8, 4) is 0 Å². The third-order valence-corrected chi connectivity index (χ3v) is 5.64. The molecule has 2 aliphatic rings. The maximum absolute atomic E-state index is 4.18. The molecular formula is C20H28N4. The summed E-state index contributed by atoms with van der Waals surface area (Å²) in [6.45, 7) is 3.65. The van der Waals surface area contributed by atoms with Crippen molar-refractivity contribution >= 4 is 0 Å². The van der Waals surface area contributed by atoms with Gasteiger partial charge in [-0.15, -0.1) is 0 Å². The molecule has 24 heavy (non-hydrogen) atoms. The molecule has 4 heteroatoms. The van der Waals surface area contributed by atoms with E-state index in [4.69, 9.17) is 0 Å². The topological polar surface area (TPSA) is 44.0 Å². The van der Waals surface area contributed by atoms with Gasteiger partial charge in [-0.1, -0.05) is 30.3 Å². The number of nitrogens with zero attached hydrogens (tertiary/aromatic N) is 2. The molecule has 1 aliphatic carbocycles. The first-order chi connectivity index (χ1) is 11.9. The number of nitrogens with one attached hydrogen (secondary N) is 2. The van der Waals surface area contributed by atoms with Crippen molar-refractivity contribution in [3.05, 3.63) is 53.3 Å². The van der Waals surface area contributed by atoms with Crippen LogP contribution in [0.3, 0.4) is 0 Å². The van der Waals surface area contributed by atoms with Crippen LogP contribution in [0.1, 0.15) is 36.1 Å². The van der Waals surface area contributed by atoms with Crippen LogP contribution in [-0.2, 0) is 19.3 Å². The number of fused-ring (bicyclic) bond motifs is 1. The average Bonchev–Trinajstić information content (AvgIpc) is 3.10. The molecule has 1 aromatic heterocycles. The predicted octanol–water partition coefficient (Wildman–Crippen LogP) is 2.56. The highest BCUT2D eigenvalue weighted by atomic mass is 15.1. The normalized spacial score (nSPS) is 22.4. The third kappa shape index (κ3) is 3.87. The van der Waals surface area contributed by atoms with E-state index in [2.05, 4.69) is 50.7 Å². The van der Waals surface area contributed by atoms with E-state index in [9.17, 15) is 0 Å². The lowest BCUT2D eigenvalue weighted by molar-refractivity contribution is 0.190. The smallest absolute Gasteiger partial charge is 0.0522 e. The SMILES string of the molecule is c1ccc(CCN2CCC(NC3CCc4[nH]ncc4C3)CC2)cc1. The number of piperidine rings is 1. The van der Waals surface area contributed by atoms with E-state index in [-0.39, 0.29) is 0 Å². The highest BCUT2D eigenvalue weighted by Crippen LogP contribution is 2.21. The van der Waals surface area contributed by atoms with E-state index >= 15 is 0 Å². The number of benzene rings is 1. The zero-order chi connectivity index (χ0) is 16.2. The van der Waals surface area contributed by atoms with Crippen LogP contribution in [0.25, 0.3) is 0 Å². The van der Waals surface area contributed by atoms with Gasteiger partial charge in [-0.3, -0.25) is 5.10 Å². The van der Waals surface area contributed by atoms with E-state index in [1.165, 1.54) is 62.1 Å². The molecule has 1 saturated heterocycles. The highest BCUT2D eigenvalue weighted by Gasteiger charge is 2.25. The zero-order valence-corrected chi connectivity index (χ0v) is 14.4. The van der Waals surface area contributed by atoms with E-state index in [0.29, 0.717) is 12.1 Å². The quantitative estimate of drug-likeness (QED) is 0.888. The first kappa shape index (κ1) is 15.9. The summed E-state index contributed by atoms with van der Waals surface area (Å²) in [5.74, 6) is 0. The van der Waals surface area contributed by atoms with Crippen LogP contribution in [-0.4, -0.2) is 46.8 Å². The Morgan fingerprint density at radius 2 is 1.92 bits per heavy atom. The van der Waals surface area contributed by atoms with Gasteiger partial charge in [0, 0.05) is 24.3 Å². The molecule has 0 spiro atoms. The van der Waals surface area contributed by atoms with Gasteiger partial charge >= 0.3 is 0 Å². The lowest BCUT2D eigenvalue weighted by Gasteiger charge is -2.35. The molecular weight excluding hydrogens is 296 g/mol. The zero-order valence-electron chi connectivity index (χ0n) is 14.4. The van der Waals surface area contributed by atoms with Crippen molar-refractivity contribution in [2.24, 2.45) is 0 Å². The monoisotopic (exact) mass is 324 g/mol. The van der Waals surface area contributed by atoms with E-state index in [1.54, 1.807) is 0 Å². The van der Waals surface area contributed by atoms with Gasteiger partial charge in [0.1, 0.15) is 0 Å². The lowest BCUT2D eigenvalue weighted by atomic mass is 9.92.